The molecule has 1 aliphatic carbocycles. The summed E-state index contributed by atoms with van der Waals surface area (Å²) in [7, 11) is 0. The quantitative estimate of drug-likeness (QED) is 0.674. The molecule has 2 unspecified atom stereocenters. The highest BCUT2D eigenvalue weighted by atomic mass is 16.4. The van der Waals surface area contributed by atoms with E-state index >= 15 is 0 Å². The number of carbonyl (C=O) groups excluding carboxylic acids is 2. The second-order valence-electron chi connectivity index (χ2n) is 5.10. The van der Waals surface area contributed by atoms with Gasteiger partial charge in [-0.25, -0.2) is 9.59 Å². The Morgan fingerprint density at radius 3 is 2.21 bits per heavy atom. The van der Waals surface area contributed by atoms with E-state index in [-0.39, 0.29) is 17.2 Å². The minimum atomic E-state index is -1.17. The first-order valence-corrected chi connectivity index (χ1v) is 6.33. The Hall–Kier alpha value is -1.85. The van der Waals surface area contributed by atoms with Crippen molar-refractivity contribution in [1.82, 2.24) is 10.6 Å². The van der Waals surface area contributed by atoms with E-state index in [0.29, 0.717) is 5.92 Å². The van der Waals surface area contributed by atoms with E-state index in [1.807, 2.05) is 0 Å². The van der Waals surface area contributed by atoms with Gasteiger partial charge >= 0.3 is 12.0 Å². The Morgan fingerprint density at radius 1 is 1.11 bits per heavy atom. The summed E-state index contributed by atoms with van der Waals surface area (Å²) in [6, 6.07) is -0.478. The molecule has 1 aliphatic rings. The molecule has 0 aromatic rings. The molecule has 0 aliphatic heterocycles. The fourth-order valence-corrected chi connectivity index (χ4v) is 2.09. The van der Waals surface area contributed by atoms with Crippen LogP contribution in [-0.4, -0.2) is 29.1 Å². The van der Waals surface area contributed by atoms with Crippen molar-refractivity contribution in [2.24, 2.45) is 5.92 Å². The van der Waals surface area contributed by atoms with Gasteiger partial charge in [-0.05, 0) is 39.0 Å². The minimum absolute atomic E-state index is 0.0300. The van der Waals surface area contributed by atoms with Crippen LogP contribution < -0.4 is 10.6 Å². The van der Waals surface area contributed by atoms with E-state index in [9.17, 15) is 14.4 Å². The summed E-state index contributed by atoms with van der Waals surface area (Å²) in [5, 5.41) is 13.6. The van der Waals surface area contributed by atoms with Gasteiger partial charge in [0.1, 0.15) is 0 Å². The predicted octanol–water partition coefficient (Wildman–Crippen LogP) is 1.42. The van der Waals surface area contributed by atoms with Gasteiger partial charge < -0.3 is 10.4 Å². The van der Waals surface area contributed by atoms with Gasteiger partial charge in [-0.15, -0.1) is 0 Å². The number of carbonyl (C=O) groups is 3. The summed E-state index contributed by atoms with van der Waals surface area (Å²) in [6.07, 6.45) is 2.88. The molecule has 0 heterocycles. The van der Waals surface area contributed by atoms with Crippen LogP contribution in [0.2, 0.25) is 0 Å². The SMILES string of the molecule is CC(C(=O)O)=C(C)C(=O)NC(=O)NC1CCC(C)C1. The van der Waals surface area contributed by atoms with Crippen molar-refractivity contribution in [3.63, 3.8) is 0 Å². The highest BCUT2D eigenvalue weighted by molar-refractivity contribution is 6.07. The first-order valence-electron chi connectivity index (χ1n) is 6.33. The molecule has 0 aromatic heterocycles. The maximum absolute atomic E-state index is 11.6. The molecule has 106 valence electrons. The number of carboxylic acids is 1. The molecule has 1 saturated carbocycles. The molecule has 6 nitrogen and oxygen atoms in total. The molecule has 3 amide bonds. The molecule has 0 saturated heterocycles. The van der Waals surface area contributed by atoms with Crippen LogP contribution in [0.5, 0.6) is 0 Å². The van der Waals surface area contributed by atoms with E-state index in [1.165, 1.54) is 13.8 Å². The van der Waals surface area contributed by atoms with Crippen LogP contribution in [0.1, 0.15) is 40.0 Å². The summed E-state index contributed by atoms with van der Waals surface area (Å²) < 4.78 is 0. The summed E-state index contributed by atoms with van der Waals surface area (Å²) in [6.45, 7) is 4.82. The third kappa shape index (κ3) is 4.39. The lowest BCUT2D eigenvalue weighted by Crippen LogP contribution is -2.44. The van der Waals surface area contributed by atoms with Gasteiger partial charge in [-0.2, -0.15) is 0 Å². The molecule has 1 rings (SSSR count). The van der Waals surface area contributed by atoms with Gasteiger partial charge in [0.05, 0.1) is 0 Å². The van der Waals surface area contributed by atoms with E-state index in [1.54, 1.807) is 0 Å². The third-order valence-corrected chi connectivity index (χ3v) is 3.48. The first kappa shape index (κ1) is 15.2. The number of nitrogens with one attached hydrogen (secondary N) is 2. The molecular weight excluding hydrogens is 248 g/mol. The van der Waals surface area contributed by atoms with Crippen molar-refractivity contribution in [2.45, 2.75) is 46.1 Å². The van der Waals surface area contributed by atoms with Crippen molar-refractivity contribution in [3.8, 4) is 0 Å². The van der Waals surface area contributed by atoms with Gasteiger partial charge in [-0.3, -0.25) is 10.1 Å². The molecule has 1 fully saturated rings. The first-order chi connectivity index (χ1) is 8.81. The van der Waals surface area contributed by atoms with Crippen molar-refractivity contribution >= 4 is 17.9 Å². The number of imide groups is 1. The maximum atomic E-state index is 11.6. The fourth-order valence-electron chi connectivity index (χ4n) is 2.09. The maximum Gasteiger partial charge on any atom is 0.331 e. The highest BCUT2D eigenvalue weighted by Gasteiger charge is 2.23. The van der Waals surface area contributed by atoms with Crippen LogP contribution in [0.25, 0.3) is 0 Å². The Kier molecular flexibility index (Phi) is 5.09. The number of hydrogen-bond donors (Lipinski definition) is 3. The Labute approximate surface area is 112 Å². The largest absolute Gasteiger partial charge is 0.478 e. The zero-order valence-corrected chi connectivity index (χ0v) is 11.4. The van der Waals surface area contributed by atoms with E-state index in [4.69, 9.17) is 5.11 Å². The smallest absolute Gasteiger partial charge is 0.331 e. The second kappa shape index (κ2) is 6.36. The van der Waals surface area contributed by atoms with Crippen molar-refractivity contribution in [2.75, 3.05) is 0 Å². The van der Waals surface area contributed by atoms with Crippen LogP contribution in [0.4, 0.5) is 4.79 Å². The van der Waals surface area contributed by atoms with Crippen LogP contribution in [0.15, 0.2) is 11.1 Å². The lowest BCUT2D eigenvalue weighted by Gasteiger charge is -2.13. The molecule has 0 bridgehead atoms. The molecule has 2 atom stereocenters. The van der Waals surface area contributed by atoms with Crippen LogP contribution >= 0.6 is 0 Å². The minimum Gasteiger partial charge on any atom is -0.478 e. The van der Waals surface area contributed by atoms with Crippen LogP contribution in [0, 0.1) is 5.92 Å². The third-order valence-electron chi connectivity index (χ3n) is 3.48. The zero-order chi connectivity index (χ0) is 14.6. The Morgan fingerprint density at radius 2 is 1.74 bits per heavy atom. The number of aliphatic carboxylic acids is 1. The summed E-state index contributed by atoms with van der Waals surface area (Å²) in [5.74, 6) is -1.27. The van der Waals surface area contributed by atoms with Gasteiger partial charge in [0.2, 0.25) is 0 Å². The molecule has 0 spiro atoms. The molecule has 6 heteroatoms. The number of hydrogen-bond acceptors (Lipinski definition) is 3. The fraction of sp³-hybridized carbons (Fsp3) is 0.615. The predicted molar refractivity (Wildman–Crippen MR) is 69.5 cm³/mol. The van der Waals surface area contributed by atoms with Crippen molar-refractivity contribution in [1.29, 1.82) is 0 Å². The van der Waals surface area contributed by atoms with E-state index in [2.05, 4.69) is 17.6 Å². The molecule has 0 aromatic carbocycles. The lowest BCUT2D eigenvalue weighted by molar-refractivity contribution is -0.133. The number of urea groups is 1. The van der Waals surface area contributed by atoms with Gasteiger partial charge in [-0.1, -0.05) is 6.92 Å². The monoisotopic (exact) mass is 268 g/mol. The van der Waals surface area contributed by atoms with E-state index in [0.717, 1.165) is 19.3 Å². The molecular formula is C13H20N2O4. The van der Waals surface area contributed by atoms with Crippen molar-refractivity contribution < 1.29 is 19.5 Å². The topological polar surface area (TPSA) is 95.5 Å². The Balaban J connectivity index is 2.51. The van der Waals surface area contributed by atoms with Crippen LogP contribution in [-0.2, 0) is 9.59 Å². The molecule has 3 N–H and O–H groups in total. The summed E-state index contributed by atoms with van der Waals surface area (Å²) in [5.41, 5.74) is -0.0396. The highest BCUT2D eigenvalue weighted by Crippen LogP contribution is 2.24. The van der Waals surface area contributed by atoms with E-state index < -0.39 is 17.9 Å². The number of amides is 3. The molecule has 19 heavy (non-hydrogen) atoms. The standard InChI is InChI=1S/C13H20N2O4/c1-7-4-5-10(6-7)14-13(19)15-11(16)8(2)9(3)12(17)18/h7,10H,4-6H2,1-3H3,(H,17,18)(H2,14,15,16,19). The lowest BCUT2D eigenvalue weighted by atomic mass is 10.1. The van der Waals surface area contributed by atoms with Gasteiger partial charge in [0.25, 0.3) is 5.91 Å². The summed E-state index contributed by atoms with van der Waals surface area (Å²) in [4.78, 5) is 34.0. The van der Waals surface area contributed by atoms with Crippen LogP contribution in [0.3, 0.4) is 0 Å². The summed E-state index contributed by atoms with van der Waals surface area (Å²) >= 11 is 0. The van der Waals surface area contributed by atoms with Gasteiger partial charge in [0.15, 0.2) is 0 Å². The normalized spacial score (nSPS) is 23.5. The van der Waals surface area contributed by atoms with Crippen molar-refractivity contribution in [3.05, 3.63) is 11.1 Å². The molecule has 0 radical (unpaired) electrons. The average molecular weight is 268 g/mol. The van der Waals surface area contributed by atoms with Gasteiger partial charge in [0, 0.05) is 17.2 Å². The number of carboxylic acid groups (broad SMARTS) is 1. The second-order valence-corrected chi connectivity index (χ2v) is 5.10. The average Bonchev–Trinajstić information content (AvgIpc) is 2.72. The zero-order valence-electron chi connectivity index (χ0n) is 11.4. The number of rotatable bonds is 3. The Bertz CT molecular complexity index is 428.